The van der Waals surface area contributed by atoms with Crippen molar-refractivity contribution in [3.63, 3.8) is 0 Å². The molecule has 6 atom stereocenters. The van der Waals surface area contributed by atoms with E-state index in [9.17, 15) is 83.1 Å². The van der Waals surface area contributed by atoms with Crippen LogP contribution in [0.2, 0.25) is 0 Å². The molecule has 24 heteroatoms. The summed E-state index contributed by atoms with van der Waals surface area (Å²) in [6.07, 6.45) is 1.26. The SMILES string of the molecule is CC(=O)N[C@@H](CC(=O)O)C(=O)N[C@@H](C(=O)N[C@H](C(=O)N[C@@H](CCC(=O)O)C(=O)N[C@@H](CC1CCCCC1)C(=O)N[C@@H](CS)C(=O)C(=O)O)C(c1ccccc1)c1ccccc1)C(C(=O)O)C(=O)O. The van der Waals surface area contributed by atoms with E-state index in [1.165, 1.54) is 24.3 Å². The molecule has 1 saturated carbocycles. The summed E-state index contributed by atoms with van der Waals surface area (Å²) < 4.78 is 0. The first kappa shape index (κ1) is 55.0. The third-order valence-electron chi connectivity index (χ3n) is 11.0. The lowest BCUT2D eigenvalue weighted by Crippen LogP contribution is -2.63. The highest BCUT2D eigenvalue weighted by Crippen LogP contribution is 2.30. The summed E-state index contributed by atoms with van der Waals surface area (Å²) in [5, 5.41) is 61.8. The molecule has 23 nitrogen and oxygen atoms in total. The molecule has 0 aliphatic heterocycles. The summed E-state index contributed by atoms with van der Waals surface area (Å²) in [5.74, 6) is -22.7. The zero-order chi connectivity index (χ0) is 50.7. The molecule has 68 heavy (non-hydrogen) atoms. The van der Waals surface area contributed by atoms with E-state index >= 15 is 0 Å². The molecule has 1 aliphatic carbocycles. The van der Waals surface area contributed by atoms with Gasteiger partial charge < -0.3 is 57.4 Å². The van der Waals surface area contributed by atoms with E-state index in [4.69, 9.17) is 0 Å². The van der Waals surface area contributed by atoms with Crippen LogP contribution >= 0.6 is 12.6 Å². The molecule has 0 heterocycles. The smallest absolute Gasteiger partial charge is 0.374 e. The second kappa shape index (κ2) is 26.7. The van der Waals surface area contributed by atoms with Crippen molar-refractivity contribution >= 4 is 83.7 Å². The minimum atomic E-state index is -2.80. The first-order valence-electron chi connectivity index (χ1n) is 21.3. The predicted molar refractivity (Wildman–Crippen MR) is 238 cm³/mol. The van der Waals surface area contributed by atoms with E-state index in [0.29, 0.717) is 24.0 Å². The maximum Gasteiger partial charge on any atom is 0.374 e. The van der Waals surface area contributed by atoms with Gasteiger partial charge in [-0.2, -0.15) is 12.6 Å². The Morgan fingerprint density at radius 1 is 0.559 bits per heavy atom. The van der Waals surface area contributed by atoms with Crippen molar-refractivity contribution in [3.05, 3.63) is 71.8 Å². The fraction of sp³-hybridized carbons (Fsp3) is 0.455. The van der Waals surface area contributed by atoms with Crippen LogP contribution in [-0.4, -0.2) is 139 Å². The number of benzene rings is 2. The minimum Gasteiger partial charge on any atom is -0.481 e. The molecule has 1 fully saturated rings. The molecule has 0 spiro atoms. The molecule has 3 rings (SSSR count). The number of hydrogen-bond acceptors (Lipinski definition) is 13. The minimum absolute atomic E-state index is 0.0167. The number of thiol groups is 1. The van der Waals surface area contributed by atoms with E-state index < -0.39 is 144 Å². The second-order valence-electron chi connectivity index (χ2n) is 16.0. The Hall–Kier alpha value is -7.37. The summed E-state index contributed by atoms with van der Waals surface area (Å²) in [6.45, 7) is 0.916. The quantitative estimate of drug-likeness (QED) is 0.0303. The van der Waals surface area contributed by atoms with Crippen LogP contribution in [0.15, 0.2) is 60.7 Å². The van der Waals surface area contributed by atoms with Gasteiger partial charge in [0.1, 0.15) is 36.3 Å². The Balaban J connectivity index is 2.18. The number of amides is 6. The molecule has 2 aromatic rings. The number of rotatable bonds is 27. The molecule has 11 N–H and O–H groups in total. The van der Waals surface area contributed by atoms with Crippen LogP contribution in [0, 0.1) is 11.8 Å². The number of ketones is 1. The van der Waals surface area contributed by atoms with Gasteiger partial charge in [0.15, 0.2) is 5.92 Å². The van der Waals surface area contributed by atoms with Crippen molar-refractivity contribution in [2.24, 2.45) is 11.8 Å². The van der Waals surface area contributed by atoms with Crippen molar-refractivity contribution in [2.75, 3.05) is 5.75 Å². The highest BCUT2D eigenvalue weighted by atomic mass is 32.1. The number of nitrogens with one attached hydrogen (secondary N) is 6. The molecule has 0 saturated heterocycles. The van der Waals surface area contributed by atoms with E-state index in [-0.39, 0.29) is 12.3 Å². The summed E-state index contributed by atoms with van der Waals surface area (Å²) in [5.41, 5.74) is 0.593. The highest BCUT2D eigenvalue weighted by Gasteiger charge is 2.45. The molecule has 0 aromatic heterocycles. The highest BCUT2D eigenvalue weighted by molar-refractivity contribution is 7.80. The lowest BCUT2D eigenvalue weighted by molar-refractivity contribution is -0.159. The third-order valence-corrected chi connectivity index (χ3v) is 11.3. The van der Waals surface area contributed by atoms with Crippen LogP contribution < -0.4 is 31.9 Å². The summed E-state index contributed by atoms with van der Waals surface area (Å²) in [7, 11) is 0. The zero-order valence-corrected chi connectivity index (χ0v) is 37.5. The van der Waals surface area contributed by atoms with Crippen molar-refractivity contribution in [1.29, 1.82) is 0 Å². The number of carbonyl (C=O) groups excluding carboxylic acids is 7. The van der Waals surface area contributed by atoms with Crippen molar-refractivity contribution < 1.29 is 83.1 Å². The Kier molecular flexibility index (Phi) is 21.6. The zero-order valence-electron chi connectivity index (χ0n) is 36.6. The Morgan fingerprint density at radius 3 is 1.50 bits per heavy atom. The van der Waals surface area contributed by atoms with Crippen LogP contribution in [0.25, 0.3) is 0 Å². The van der Waals surface area contributed by atoms with Crippen LogP contribution in [0.1, 0.15) is 81.8 Å². The number of Topliss-reactive ketones (excluding diaryl/α,β-unsaturated/α-hetero) is 1. The largest absolute Gasteiger partial charge is 0.481 e. The van der Waals surface area contributed by atoms with Gasteiger partial charge in [0.25, 0.3) is 5.78 Å². The standard InChI is InChI=1S/C44H54N6O17S/c1-22(51)45-28(20-31(54)55)39(59)49-35(33(42(62)63)43(64)65)41(61)50-34(32(24-13-7-3-8-14-24)25-15-9-4-10-16-25)40(60)46-26(17-18-30(52)53)37(57)47-27(19-23-11-5-2-6-12-23)38(58)48-29(21-68)36(56)44(66)67/h3-4,7-10,13-16,23,26-29,32-35,68H,2,5-6,11-12,17-21H2,1H3,(H,45,51)(H,46,60)(H,47,57)(H,48,58)(H,49,59)(H,50,61)(H,52,53)(H,54,55)(H,62,63)(H,64,65)(H,66,67)/t26-,27-,28-,29-,34-,35+/m0/s1. The van der Waals surface area contributed by atoms with Gasteiger partial charge in [0, 0.05) is 25.0 Å². The molecule has 0 radical (unpaired) electrons. The number of carboxylic acids is 5. The monoisotopic (exact) mass is 970 g/mol. The Morgan fingerprint density at radius 2 is 1.03 bits per heavy atom. The second-order valence-corrected chi connectivity index (χ2v) is 16.3. The van der Waals surface area contributed by atoms with E-state index in [1.54, 1.807) is 36.4 Å². The average Bonchev–Trinajstić information content (AvgIpc) is 3.28. The fourth-order valence-electron chi connectivity index (χ4n) is 7.69. The first-order chi connectivity index (χ1) is 32.1. The number of hydrogen-bond donors (Lipinski definition) is 12. The van der Waals surface area contributed by atoms with Gasteiger partial charge in [0.2, 0.25) is 35.4 Å². The fourth-order valence-corrected chi connectivity index (χ4v) is 7.95. The number of carbonyl (C=O) groups is 12. The molecule has 0 unspecified atom stereocenters. The molecular weight excluding hydrogens is 917 g/mol. The molecule has 6 amide bonds. The van der Waals surface area contributed by atoms with Crippen molar-refractivity contribution in [2.45, 2.75) is 107 Å². The maximum atomic E-state index is 14.9. The molecule has 2 aromatic carbocycles. The van der Waals surface area contributed by atoms with Gasteiger partial charge in [0.05, 0.1) is 6.42 Å². The van der Waals surface area contributed by atoms with Crippen LogP contribution in [0.3, 0.4) is 0 Å². The van der Waals surface area contributed by atoms with E-state index in [0.717, 1.165) is 26.2 Å². The van der Waals surface area contributed by atoms with Gasteiger partial charge in [-0.1, -0.05) is 92.8 Å². The van der Waals surface area contributed by atoms with Gasteiger partial charge >= 0.3 is 29.8 Å². The molecule has 0 bridgehead atoms. The van der Waals surface area contributed by atoms with Gasteiger partial charge in [-0.25, -0.2) is 4.79 Å². The van der Waals surface area contributed by atoms with Crippen LogP contribution in [-0.2, 0) is 57.5 Å². The van der Waals surface area contributed by atoms with Gasteiger partial charge in [-0.05, 0) is 29.9 Å². The van der Waals surface area contributed by atoms with Gasteiger partial charge in [-0.15, -0.1) is 0 Å². The summed E-state index contributed by atoms with van der Waals surface area (Å²) in [6, 6.07) is 4.10. The summed E-state index contributed by atoms with van der Waals surface area (Å²) >= 11 is 3.98. The van der Waals surface area contributed by atoms with Crippen LogP contribution in [0.5, 0.6) is 0 Å². The van der Waals surface area contributed by atoms with E-state index in [2.05, 4.69) is 33.9 Å². The normalized spacial score (nSPS) is 15.2. The predicted octanol–water partition coefficient (Wildman–Crippen LogP) is -0.574. The molecular formula is C44H54N6O17S. The lowest BCUT2D eigenvalue weighted by Gasteiger charge is -2.32. The lowest BCUT2D eigenvalue weighted by atomic mass is 9.83. The molecule has 368 valence electrons. The van der Waals surface area contributed by atoms with Gasteiger partial charge in [-0.3, -0.25) is 52.7 Å². The Labute approximate surface area is 394 Å². The first-order valence-corrected chi connectivity index (χ1v) is 21.9. The van der Waals surface area contributed by atoms with Crippen molar-refractivity contribution in [3.8, 4) is 0 Å². The Bertz CT molecular complexity index is 2120. The topological polar surface area (TPSA) is 378 Å². The number of aliphatic carboxylic acids is 5. The van der Waals surface area contributed by atoms with Crippen LogP contribution in [0.4, 0.5) is 0 Å². The third kappa shape index (κ3) is 16.8. The van der Waals surface area contributed by atoms with E-state index in [1.807, 2.05) is 10.6 Å². The summed E-state index contributed by atoms with van der Waals surface area (Å²) in [4.78, 5) is 155. The maximum absolute atomic E-state index is 14.9. The number of carboxylic acid groups (broad SMARTS) is 5. The van der Waals surface area contributed by atoms with Crippen molar-refractivity contribution in [1.82, 2.24) is 31.9 Å². The molecule has 1 aliphatic rings. The average molecular weight is 971 g/mol.